The van der Waals surface area contributed by atoms with Crippen LogP contribution in [-0.2, 0) is 11.3 Å². The Labute approximate surface area is 148 Å². The highest BCUT2D eigenvalue weighted by Crippen LogP contribution is 2.27. The maximum Gasteiger partial charge on any atom is 0.317 e. The molecule has 1 N–H and O–H groups in total. The number of rotatable bonds is 4. The van der Waals surface area contributed by atoms with Gasteiger partial charge in [-0.3, -0.25) is 4.90 Å². The van der Waals surface area contributed by atoms with Crippen LogP contribution in [0.2, 0.25) is 0 Å². The number of hydrogen-bond donors (Lipinski definition) is 1. The third-order valence-corrected chi connectivity index (χ3v) is 5.91. The lowest BCUT2D eigenvalue weighted by molar-refractivity contribution is 0.0545. The molecule has 0 spiro atoms. The number of fused-ring (bicyclic) bond motifs is 1. The molecule has 1 aromatic heterocycles. The zero-order chi connectivity index (χ0) is 16.9. The highest BCUT2D eigenvalue weighted by Gasteiger charge is 2.37. The highest BCUT2D eigenvalue weighted by atomic mass is 32.1. The molecule has 0 saturated carbocycles. The second-order valence-electron chi connectivity index (χ2n) is 6.71. The van der Waals surface area contributed by atoms with Gasteiger partial charge in [0.1, 0.15) is 0 Å². The number of likely N-dealkylation sites (tertiary alicyclic amines) is 1. The van der Waals surface area contributed by atoms with E-state index in [2.05, 4.69) is 29.0 Å². The molecule has 0 unspecified atom stereocenters. The van der Waals surface area contributed by atoms with E-state index in [0.717, 1.165) is 51.3 Å². The molecule has 2 amide bonds. The Morgan fingerprint density at radius 1 is 1.50 bits per heavy atom. The minimum Gasteiger partial charge on any atom is -0.379 e. The van der Waals surface area contributed by atoms with Crippen molar-refractivity contribution >= 4 is 17.4 Å². The number of urea groups is 1. The number of aromatic nitrogens is 1. The van der Waals surface area contributed by atoms with E-state index in [4.69, 9.17) is 4.74 Å². The number of ether oxygens (including phenoxy) is 1. The number of carbonyl (C=O) groups excluding carboxylic acids is 1. The van der Waals surface area contributed by atoms with Crippen LogP contribution in [0.4, 0.5) is 4.79 Å². The van der Waals surface area contributed by atoms with Crippen molar-refractivity contribution in [2.75, 3.05) is 39.4 Å². The zero-order valence-corrected chi connectivity index (χ0v) is 15.5. The summed E-state index contributed by atoms with van der Waals surface area (Å²) in [5.74, 6) is 0.391. The molecule has 0 aliphatic carbocycles. The summed E-state index contributed by atoms with van der Waals surface area (Å²) < 4.78 is 5.80. The van der Waals surface area contributed by atoms with Crippen LogP contribution in [0.3, 0.4) is 0 Å². The summed E-state index contributed by atoms with van der Waals surface area (Å²) in [5, 5.41) is 3.03. The van der Waals surface area contributed by atoms with Crippen molar-refractivity contribution in [3.63, 3.8) is 0 Å². The molecule has 3 rings (SSSR count). The fraction of sp³-hybridized carbons (Fsp3) is 0.765. The molecule has 2 fully saturated rings. The van der Waals surface area contributed by atoms with Gasteiger partial charge in [-0.15, -0.1) is 11.3 Å². The van der Waals surface area contributed by atoms with Gasteiger partial charge >= 0.3 is 6.03 Å². The van der Waals surface area contributed by atoms with Gasteiger partial charge in [-0.1, -0.05) is 6.92 Å². The molecule has 2 saturated heterocycles. The normalized spacial score (nSPS) is 25.2. The number of carbonyl (C=O) groups is 1. The minimum atomic E-state index is 0.0732. The van der Waals surface area contributed by atoms with Crippen LogP contribution >= 0.6 is 11.3 Å². The van der Waals surface area contributed by atoms with Crippen LogP contribution in [0.15, 0.2) is 5.51 Å². The Morgan fingerprint density at radius 3 is 3.12 bits per heavy atom. The van der Waals surface area contributed by atoms with E-state index in [0.29, 0.717) is 25.1 Å². The van der Waals surface area contributed by atoms with E-state index in [1.807, 2.05) is 10.4 Å². The Morgan fingerprint density at radius 2 is 2.38 bits per heavy atom. The van der Waals surface area contributed by atoms with Crippen molar-refractivity contribution in [3.8, 4) is 0 Å². The molecule has 3 heterocycles. The standard InChI is InChI=1S/C17H28N4O2S/c1-3-5-18-17(22)21-7-8-23-11-14-9-20(6-4-15(14)21)10-16-13(2)19-12-24-16/h12,14-15H,3-11H2,1-2H3,(H,18,22)/t14-,15-/m1/s1. The van der Waals surface area contributed by atoms with E-state index >= 15 is 0 Å². The molecule has 0 radical (unpaired) electrons. The molecule has 0 aromatic carbocycles. The molecule has 2 aliphatic heterocycles. The van der Waals surface area contributed by atoms with Gasteiger partial charge in [0.05, 0.1) is 24.4 Å². The lowest BCUT2D eigenvalue weighted by atomic mass is 9.91. The number of amides is 2. The van der Waals surface area contributed by atoms with Crippen molar-refractivity contribution in [3.05, 3.63) is 16.1 Å². The summed E-state index contributed by atoms with van der Waals surface area (Å²) in [6.07, 6.45) is 1.98. The average Bonchev–Trinajstić information content (AvgIpc) is 2.86. The summed E-state index contributed by atoms with van der Waals surface area (Å²) in [6.45, 7) is 9.95. The van der Waals surface area contributed by atoms with E-state index in [1.165, 1.54) is 4.88 Å². The Hall–Kier alpha value is -1.18. The maximum atomic E-state index is 12.5. The first-order valence-corrected chi connectivity index (χ1v) is 9.80. The molecule has 2 atom stereocenters. The first-order valence-electron chi connectivity index (χ1n) is 8.92. The first kappa shape index (κ1) is 17.6. The summed E-state index contributed by atoms with van der Waals surface area (Å²) in [7, 11) is 0. The lowest BCUT2D eigenvalue weighted by Crippen LogP contribution is -2.55. The van der Waals surface area contributed by atoms with Crippen LogP contribution < -0.4 is 5.32 Å². The van der Waals surface area contributed by atoms with Gasteiger partial charge < -0.3 is 15.0 Å². The van der Waals surface area contributed by atoms with Crippen LogP contribution in [0.1, 0.15) is 30.3 Å². The summed E-state index contributed by atoms with van der Waals surface area (Å²) in [4.78, 5) is 22.7. The predicted molar refractivity (Wildman–Crippen MR) is 95.2 cm³/mol. The van der Waals surface area contributed by atoms with Crippen LogP contribution in [0.25, 0.3) is 0 Å². The molecular formula is C17H28N4O2S. The molecule has 134 valence electrons. The van der Waals surface area contributed by atoms with Crippen molar-refractivity contribution < 1.29 is 9.53 Å². The molecule has 6 nitrogen and oxygen atoms in total. The fourth-order valence-corrected chi connectivity index (χ4v) is 4.46. The van der Waals surface area contributed by atoms with Gasteiger partial charge in [0.2, 0.25) is 0 Å². The van der Waals surface area contributed by atoms with Gasteiger partial charge in [-0.25, -0.2) is 9.78 Å². The number of hydrogen-bond acceptors (Lipinski definition) is 5. The minimum absolute atomic E-state index is 0.0732. The maximum absolute atomic E-state index is 12.5. The van der Waals surface area contributed by atoms with E-state index in [1.54, 1.807) is 11.3 Å². The predicted octanol–water partition coefficient (Wildman–Crippen LogP) is 2.09. The van der Waals surface area contributed by atoms with Crippen LogP contribution in [-0.4, -0.2) is 66.2 Å². The van der Waals surface area contributed by atoms with Crippen LogP contribution in [0, 0.1) is 12.8 Å². The Bertz CT molecular complexity index is 550. The first-order chi connectivity index (χ1) is 11.7. The van der Waals surface area contributed by atoms with E-state index in [9.17, 15) is 4.79 Å². The number of piperidine rings is 1. The van der Waals surface area contributed by atoms with Gasteiger partial charge in [0, 0.05) is 49.6 Å². The average molecular weight is 353 g/mol. The quantitative estimate of drug-likeness (QED) is 0.901. The molecular weight excluding hydrogens is 324 g/mol. The van der Waals surface area contributed by atoms with Crippen molar-refractivity contribution in [2.24, 2.45) is 5.92 Å². The Balaban J connectivity index is 1.63. The number of nitrogens with zero attached hydrogens (tertiary/aromatic N) is 3. The zero-order valence-electron chi connectivity index (χ0n) is 14.7. The fourth-order valence-electron chi connectivity index (χ4n) is 3.64. The molecule has 7 heteroatoms. The number of nitrogens with one attached hydrogen (secondary N) is 1. The van der Waals surface area contributed by atoms with Gasteiger partial charge in [0.15, 0.2) is 0 Å². The summed E-state index contributed by atoms with van der Waals surface area (Å²) >= 11 is 1.73. The monoisotopic (exact) mass is 352 g/mol. The van der Waals surface area contributed by atoms with Gasteiger partial charge in [-0.05, 0) is 19.8 Å². The van der Waals surface area contributed by atoms with Gasteiger partial charge in [0.25, 0.3) is 0 Å². The van der Waals surface area contributed by atoms with Crippen molar-refractivity contribution in [2.45, 2.75) is 39.3 Å². The van der Waals surface area contributed by atoms with E-state index in [-0.39, 0.29) is 6.03 Å². The summed E-state index contributed by atoms with van der Waals surface area (Å²) in [5.41, 5.74) is 3.06. The van der Waals surface area contributed by atoms with Crippen molar-refractivity contribution in [1.82, 2.24) is 20.1 Å². The molecule has 2 aliphatic rings. The highest BCUT2D eigenvalue weighted by molar-refractivity contribution is 7.09. The summed E-state index contributed by atoms with van der Waals surface area (Å²) in [6, 6.07) is 0.368. The molecule has 1 aromatic rings. The van der Waals surface area contributed by atoms with Gasteiger partial charge in [-0.2, -0.15) is 0 Å². The molecule has 24 heavy (non-hydrogen) atoms. The van der Waals surface area contributed by atoms with Crippen LogP contribution in [0.5, 0.6) is 0 Å². The largest absolute Gasteiger partial charge is 0.379 e. The second kappa shape index (κ2) is 8.27. The number of thiazole rings is 1. The topological polar surface area (TPSA) is 57.7 Å². The smallest absolute Gasteiger partial charge is 0.317 e. The third-order valence-electron chi connectivity index (χ3n) is 4.99. The van der Waals surface area contributed by atoms with E-state index < -0.39 is 0 Å². The lowest BCUT2D eigenvalue weighted by Gasteiger charge is -2.41. The third kappa shape index (κ3) is 4.07. The second-order valence-corrected chi connectivity index (χ2v) is 7.65. The Kier molecular flexibility index (Phi) is 6.08. The number of aryl methyl sites for hydroxylation is 1. The SMILES string of the molecule is CCCNC(=O)N1CCOC[C@H]2CN(Cc3scnc3C)CC[C@H]21. The van der Waals surface area contributed by atoms with Crippen molar-refractivity contribution in [1.29, 1.82) is 0 Å². The molecule has 0 bridgehead atoms.